The number of carbonyl (C=O) groups excluding carboxylic acids is 1. The number of nitrogens with one attached hydrogen (secondary N) is 1. The van der Waals surface area contributed by atoms with Crippen molar-refractivity contribution in [2.75, 3.05) is 26.3 Å². The van der Waals surface area contributed by atoms with Gasteiger partial charge >= 0.3 is 0 Å². The average molecular weight is 300 g/mol. The number of benzene rings is 1. The van der Waals surface area contributed by atoms with E-state index in [0.717, 1.165) is 16.5 Å². The maximum Gasteiger partial charge on any atom is 0.251 e. The molecule has 1 N–H and O–H groups in total. The van der Waals surface area contributed by atoms with Crippen molar-refractivity contribution in [1.82, 2.24) is 9.88 Å². The van der Waals surface area contributed by atoms with Crippen molar-refractivity contribution >= 4 is 16.8 Å². The van der Waals surface area contributed by atoms with Gasteiger partial charge in [0.2, 0.25) is 5.91 Å². The zero-order valence-electron chi connectivity index (χ0n) is 12.7. The average Bonchev–Trinajstić information content (AvgIpc) is 2.53. The molecule has 0 unspecified atom stereocenters. The molecule has 116 valence electrons. The van der Waals surface area contributed by atoms with Gasteiger partial charge in [0.05, 0.1) is 13.2 Å². The first-order valence-electron chi connectivity index (χ1n) is 7.61. The lowest BCUT2D eigenvalue weighted by Crippen LogP contribution is -2.40. The van der Waals surface area contributed by atoms with Crippen molar-refractivity contribution < 1.29 is 9.53 Å². The summed E-state index contributed by atoms with van der Waals surface area (Å²) in [6, 6.07) is 7.86. The van der Waals surface area contributed by atoms with E-state index < -0.39 is 0 Å². The van der Waals surface area contributed by atoms with Crippen molar-refractivity contribution in [2.24, 2.45) is 0 Å². The summed E-state index contributed by atoms with van der Waals surface area (Å²) < 4.78 is 5.24. The summed E-state index contributed by atoms with van der Waals surface area (Å²) in [6.45, 7) is 4.48. The van der Waals surface area contributed by atoms with Gasteiger partial charge in [-0.3, -0.25) is 9.59 Å². The first-order chi connectivity index (χ1) is 10.6. The van der Waals surface area contributed by atoms with Crippen LogP contribution in [0.25, 0.3) is 10.9 Å². The lowest BCUT2D eigenvalue weighted by Gasteiger charge is -2.26. The maximum absolute atomic E-state index is 12.1. The van der Waals surface area contributed by atoms with Crippen LogP contribution in [-0.2, 0) is 16.0 Å². The van der Waals surface area contributed by atoms with E-state index in [1.54, 1.807) is 0 Å². The Hall–Kier alpha value is -2.14. The zero-order chi connectivity index (χ0) is 15.5. The Kier molecular flexibility index (Phi) is 4.24. The summed E-state index contributed by atoms with van der Waals surface area (Å²) in [5.41, 5.74) is 2.51. The first-order valence-corrected chi connectivity index (χ1v) is 7.61. The number of aryl methyl sites for hydroxylation is 2. The number of nitrogens with zero attached hydrogens (tertiary/aromatic N) is 1. The number of aromatic amines is 1. The fourth-order valence-electron chi connectivity index (χ4n) is 2.76. The fourth-order valence-corrected chi connectivity index (χ4v) is 2.76. The predicted molar refractivity (Wildman–Crippen MR) is 85.0 cm³/mol. The molecule has 1 aliphatic rings. The summed E-state index contributed by atoms with van der Waals surface area (Å²) in [7, 11) is 0. The highest BCUT2D eigenvalue weighted by Gasteiger charge is 2.17. The van der Waals surface area contributed by atoms with Crippen LogP contribution in [0, 0.1) is 6.92 Å². The van der Waals surface area contributed by atoms with Crippen LogP contribution in [-0.4, -0.2) is 42.1 Å². The molecule has 2 heterocycles. The maximum atomic E-state index is 12.1. The molecule has 1 aromatic carbocycles. The topological polar surface area (TPSA) is 62.4 Å². The van der Waals surface area contributed by atoms with E-state index >= 15 is 0 Å². The molecule has 1 fully saturated rings. The second kappa shape index (κ2) is 6.32. The first kappa shape index (κ1) is 14.8. The Morgan fingerprint density at radius 3 is 2.82 bits per heavy atom. The van der Waals surface area contributed by atoms with Gasteiger partial charge < -0.3 is 14.6 Å². The highest BCUT2D eigenvalue weighted by molar-refractivity contribution is 5.80. The van der Waals surface area contributed by atoms with Gasteiger partial charge in [0.15, 0.2) is 0 Å². The van der Waals surface area contributed by atoms with Crippen molar-refractivity contribution in [3.05, 3.63) is 45.7 Å². The van der Waals surface area contributed by atoms with Crippen LogP contribution in [0.4, 0.5) is 0 Å². The molecular formula is C17H20N2O3. The van der Waals surface area contributed by atoms with Crippen LogP contribution in [0.2, 0.25) is 0 Å². The van der Waals surface area contributed by atoms with Gasteiger partial charge in [-0.05, 0) is 36.4 Å². The van der Waals surface area contributed by atoms with Crippen LogP contribution in [0.3, 0.4) is 0 Å². The van der Waals surface area contributed by atoms with E-state index in [2.05, 4.69) is 4.98 Å². The zero-order valence-corrected chi connectivity index (χ0v) is 12.7. The number of pyridine rings is 1. The lowest BCUT2D eigenvalue weighted by molar-refractivity contribution is -0.135. The van der Waals surface area contributed by atoms with Gasteiger partial charge in [0.25, 0.3) is 5.56 Å². The number of hydrogen-bond donors (Lipinski definition) is 1. The highest BCUT2D eigenvalue weighted by atomic mass is 16.5. The molecule has 22 heavy (non-hydrogen) atoms. The Morgan fingerprint density at radius 1 is 1.27 bits per heavy atom. The standard InChI is InChI=1S/C17H20N2O3/c1-12-2-3-13-11-14(17(21)18-15(13)10-12)4-5-16(20)19-6-8-22-9-7-19/h2-3,10-11H,4-9H2,1H3,(H,18,21). The number of aromatic nitrogens is 1. The molecule has 3 rings (SSSR count). The molecule has 0 radical (unpaired) electrons. The summed E-state index contributed by atoms with van der Waals surface area (Å²) in [5.74, 6) is 0.0895. The third kappa shape index (κ3) is 3.20. The quantitative estimate of drug-likeness (QED) is 0.937. The van der Waals surface area contributed by atoms with Crippen LogP contribution in [0.1, 0.15) is 17.5 Å². The highest BCUT2D eigenvalue weighted by Crippen LogP contribution is 2.14. The monoisotopic (exact) mass is 300 g/mol. The van der Waals surface area contributed by atoms with Gasteiger partial charge in [-0.1, -0.05) is 12.1 Å². The van der Waals surface area contributed by atoms with Gasteiger partial charge in [0.1, 0.15) is 0 Å². The summed E-state index contributed by atoms with van der Waals surface area (Å²) in [5, 5.41) is 0.999. The molecule has 1 aromatic heterocycles. The number of ether oxygens (including phenoxy) is 1. The number of H-pyrrole nitrogens is 1. The smallest absolute Gasteiger partial charge is 0.251 e. The van der Waals surface area contributed by atoms with E-state index in [1.165, 1.54) is 0 Å². The summed E-state index contributed by atoms with van der Waals surface area (Å²) >= 11 is 0. The summed E-state index contributed by atoms with van der Waals surface area (Å²) in [4.78, 5) is 29.0. The molecule has 0 aliphatic carbocycles. The molecule has 0 atom stereocenters. The lowest BCUT2D eigenvalue weighted by atomic mass is 10.1. The SMILES string of the molecule is Cc1ccc2cc(CCC(=O)N3CCOCC3)c(=O)[nH]c2c1. The Labute approximate surface area is 128 Å². The fraction of sp³-hybridized carbons (Fsp3) is 0.412. The van der Waals surface area contributed by atoms with E-state index in [-0.39, 0.29) is 11.5 Å². The number of fused-ring (bicyclic) bond motifs is 1. The van der Waals surface area contributed by atoms with Crippen molar-refractivity contribution in [3.63, 3.8) is 0 Å². The van der Waals surface area contributed by atoms with Crippen LogP contribution < -0.4 is 5.56 Å². The summed E-state index contributed by atoms with van der Waals surface area (Å²) in [6.07, 6.45) is 0.829. The predicted octanol–water partition coefficient (Wildman–Crippen LogP) is 1.63. The third-order valence-corrected chi connectivity index (χ3v) is 4.05. The molecule has 1 amide bonds. The van der Waals surface area contributed by atoms with Crippen molar-refractivity contribution in [2.45, 2.75) is 19.8 Å². The minimum Gasteiger partial charge on any atom is -0.378 e. The molecular weight excluding hydrogens is 280 g/mol. The Bertz CT molecular complexity index is 745. The van der Waals surface area contributed by atoms with Gasteiger partial charge in [-0.15, -0.1) is 0 Å². The van der Waals surface area contributed by atoms with Gasteiger partial charge in [0, 0.05) is 30.6 Å². The normalized spacial score (nSPS) is 15.2. The minimum absolute atomic E-state index is 0.0895. The van der Waals surface area contributed by atoms with Crippen molar-refractivity contribution in [3.8, 4) is 0 Å². The largest absolute Gasteiger partial charge is 0.378 e. The second-order valence-corrected chi connectivity index (χ2v) is 5.71. The Morgan fingerprint density at radius 2 is 2.05 bits per heavy atom. The number of carbonyl (C=O) groups is 1. The van der Waals surface area contributed by atoms with E-state index in [9.17, 15) is 9.59 Å². The van der Waals surface area contributed by atoms with Gasteiger partial charge in [-0.2, -0.15) is 0 Å². The molecule has 0 saturated carbocycles. The molecule has 5 heteroatoms. The van der Waals surface area contributed by atoms with E-state index in [4.69, 9.17) is 4.74 Å². The third-order valence-electron chi connectivity index (χ3n) is 4.05. The second-order valence-electron chi connectivity index (χ2n) is 5.71. The molecule has 1 aliphatic heterocycles. The molecule has 2 aromatic rings. The van der Waals surface area contributed by atoms with Crippen LogP contribution >= 0.6 is 0 Å². The number of amides is 1. The molecule has 1 saturated heterocycles. The van der Waals surface area contributed by atoms with E-state index in [0.29, 0.717) is 44.7 Å². The Balaban J connectivity index is 1.73. The number of rotatable bonds is 3. The van der Waals surface area contributed by atoms with Gasteiger partial charge in [-0.25, -0.2) is 0 Å². The minimum atomic E-state index is -0.104. The van der Waals surface area contributed by atoms with Crippen LogP contribution in [0.5, 0.6) is 0 Å². The number of morpholine rings is 1. The molecule has 0 spiro atoms. The molecule has 0 bridgehead atoms. The van der Waals surface area contributed by atoms with Crippen molar-refractivity contribution in [1.29, 1.82) is 0 Å². The van der Waals surface area contributed by atoms with Crippen LogP contribution in [0.15, 0.2) is 29.1 Å². The van der Waals surface area contributed by atoms with E-state index in [1.807, 2.05) is 36.1 Å². The molecule has 5 nitrogen and oxygen atoms in total. The number of hydrogen-bond acceptors (Lipinski definition) is 3.